The van der Waals surface area contributed by atoms with Crippen molar-refractivity contribution in [1.82, 2.24) is 9.97 Å². The minimum atomic E-state index is -0.200. The number of H-pyrrole nitrogens is 1. The topological polar surface area (TPSA) is 83.8 Å². The maximum Gasteiger partial charge on any atom is 0.238 e. The first-order chi connectivity index (χ1) is 7.79. The summed E-state index contributed by atoms with van der Waals surface area (Å²) in [6.07, 6.45) is 3.37. The Morgan fingerprint density at radius 1 is 1.38 bits per heavy atom. The van der Waals surface area contributed by atoms with Crippen molar-refractivity contribution in [3.8, 4) is 11.3 Å². The summed E-state index contributed by atoms with van der Waals surface area (Å²) >= 11 is 0. The summed E-state index contributed by atoms with van der Waals surface area (Å²) in [4.78, 5) is 18.0. The summed E-state index contributed by atoms with van der Waals surface area (Å²) in [5.74, 6) is -0.200. The van der Waals surface area contributed by atoms with E-state index in [9.17, 15) is 4.79 Å². The van der Waals surface area contributed by atoms with Gasteiger partial charge in [0.15, 0.2) is 0 Å². The lowest BCUT2D eigenvalue weighted by molar-refractivity contribution is -0.114. The van der Waals surface area contributed by atoms with Gasteiger partial charge in [-0.15, -0.1) is 0 Å². The van der Waals surface area contributed by atoms with Gasteiger partial charge in [-0.2, -0.15) is 0 Å². The van der Waals surface area contributed by atoms with Crippen molar-refractivity contribution >= 4 is 11.6 Å². The molecule has 2 rings (SSSR count). The molecule has 1 aromatic carbocycles. The number of aromatic amines is 1. The van der Waals surface area contributed by atoms with Crippen LogP contribution in [-0.2, 0) is 4.79 Å². The summed E-state index contributed by atoms with van der Waals surface area (Å²) in [5, 5.41) is 2.67. The van der Waals surface area contributed by atoms with Crippen LogP contribution >= 0.6 is 0 Å². The minimum absolute atomic E-state index is 0.0116. The molecule has 0 saturated carbocycles. The number of imidazole rings is 1. The highest BCUT2D eigenvalue weighted by atomic mass is 16.1. The van der Waals surface area contributed by atoms with Gasteiger partial charge < -0.3 is 16.0 Å². The van der Waals surface area contributed by atoms with Crippen LogP contribution in [0.5, 0.6) is 0 Å². The molecule has 0 aliphatic rings. The zero-order valence-electron chi connectivity index (χ0n) is 8.60. The Labute approximate surface area is 92.7 Å². The first kappa shape index (κ1) is 10.4. The van der Waals surface area contributed by atoms with Crippen LogP contribution in [0, 0.1) is 0 Å². The molecule has 0 fully saturated rings. The molecule has 4 N–H and O–H groups in total. The Hall–Kier alpha value is -2.14. The van der Waals surface area contributed by atoms with Crippen LogP contribution in [0.1, 0.15) is 0 Å². The summed E-state index contributed by atoms with van der Waals surface area (Å²) in [7, 11) is 0. The van der Waals surface area contributed by atoms with Gasteiger partial charge in [-0.1, -0.05) is 12.1 Å². The van der Waals surface area contributed by atoms with E-state index < -0.39 is 0 Å². The predicted molar refractivity (Wildman–Crippen MR) is 61.7 cm³/mol. The number of anilines is 1. The number of rotatable bonds is 3. The first-order valence-electron chi connectivity index (χ1n) is 4.88. The number of benzene rings is 1. The Bertz CT molecular complexity index is 461. The van der Waals surface area contributed by atoms with Crippen molar-refractivity contribution in [3.63, 3.8) is 0 Å². The van der Waals surface area contributed by atoms with Gasteiger partial charge in [0.1, 0.15) is 0 Å². The van der Waals surface area contributed by atoms with E-state index >= 15 is 0 Å². The number of carbonyl (C=O) groups is 1. The molecule has 0 saturated heterocycles. The molecule has 0 unspecified atom stereocenters. The zero-order chi connectivity index (χ0) is 11.4. The van der Waals surface area contributed by atoms with Crippen molar-refractivity contribution < 1.29 is 4.79 Å². The average Bonchev–Trinajstić information content (AvgIpc) is 2.83. The lowest BCUT2D eigenvalue weighted by Crippen LogP contribution is -2.21. The van der Waals surface area contributed by atoms with Crippen molar-refractivity contribution in [2.24, 2.45) is 5.73 Å². The lowest BCUT2D eigenvalue weighted by Gasteiger charge is -2.04. The second-order valence-corrected chi connectivity index (χ2v) is 3.29. The molecular formula is C11H12N4O. The summed E-state index contributed by atoms with van der Waals surface area (Å²) in [6.45, 7) is -0.0116. The number of aromatic nitrogens is 2. The molecule has 1 heterocycles. The van der Waals surface area contributed by atoms with Gasteiger partial charge in [0.2, 0.25) is 5.91 Å². The number of amides is 1. The normalized spacial score (nSPS) is 10.1. The molecule has 1 aromatic heterocycles. The first-order valence-corrected chi connectivity index (χ1v) is 4.88. The molecular weight excluding hydrogens is 204 g/mol. The summed E-state index contributed by atoms with van der Waals surface area (Å²) < 4.78 is 0. The number of carbonyl (C=O) groups excluding carboxylic acids is 1. The highest BCUT2D eigenvalue weighted by molar-refractivity contribution is 5.92. The van der Waals surface area contributed by atoms with Crippen molar-refractivity contribution in [3.05, 3.63) is 36.8 Å². The van der Waals surface area contributed by atoms with Crippen molar-refractivity contribution in [2.45, 2.75) is 0 Å². The Balaban J connectivity index is 2.14. The standard InChI is InChI=1S/C11H12N4O/c12-5-11(16)15-9-3-1-8(2-4-9)10-6-13-7-14-10/h1-4,6-7H,5,12H2,(H,13,14)(H,15,16). The predicted octanol–water partition coefficient (Wildman–Crippen LogP) is 0.974. The van der Waals surface area contributed by atoms with Crippen LogP contribution in [0.2, 0.25) is 0 Å². The van der Waals surface area contributed by atoms with E-state index in [1.54, 1.807) is 12.5 Å². The number of nitrogens with two attached hydrogens (primary N) is 1. The van der Waals surface area contributed by atoms with E-state index in [1.165, 1.54) is 0 Å². The molecule has 0 bridgehead atoms. The van der Waals surface area contributed by atoms with E-state index in [0.29, 0.717) is 0 Å². The molecule has 0 aliphatic carbocycles. The minimum Gasteiger partial charge on any atom is -0.345 e. The summed E-state index contributed by atoms with van der Waals surface area (Å²) in [6, 6.07) is 7.45. The van der Waals surface area contributed by atoms with Crippen LogP contribution in [-0.4, -0.2) is 22.4 Å². The van der Waals surface area contributed by atoms with Crippen molar-refractivity contribution in [1.29, 1.82) is 0 Å². The average molecular weight is 216 g/mol. The zero-order valence-corrected chi connectivity index (χ0v) is 8.60. The quantitative estimate of drug-likeness (QED) is 0.714. The second kappa shape index (κ2) is 4.59. The largest absolute Gasteiger partial charge is 0.345 e. The fraction of sp³-hybridized carbons (Fsp3) is 0.0909. The van der Waals surface area contributed by atoms with Gasteiger partial charge in [-0.25, -0.2) is 4.98 Å². The fourth-order valence-electron chi connectivity index (χ4n) is 1.36. The number of nitrogens with one attached hydrogen (secondary N) is 2. The molecule has 5 heteroatoms. The van der Waals surface area contributed by atoms with Gasteiger partial charge >= 0.3 is 0 Å². The fourth-order valence-corrected chi connectivity index (χ4v) is 1.36. The van der Waals surface area contributed by atoms with Crippen LogP contribution < -0.4 is 11.1 Å². The van der Waals surface area contributed by atoms with Gasteiger partial charge in [-0.3, -0.25) is 4.79 Å². The second-order valence-electron chi connectivity index (χ2n) is 3.29. The number of hydrogen-bond acceptors (Lipinski definition) is 3. The van der Waals surface area contributed by atoms with Crippen LogP contribution in [0.15, 0.2) is 36.8 Å². The molecule has 5 nitrogen and oxygen atoms in total. The van der Waals surface area contributed by atoms with Crippen LogP contribution in [0.4, 0.5) is 5.69 Å². The SMILES string of the molecule is NCC(=O)Nc1ccc(-c2cnc[nH]2)cc1. The van der Waals surface area contributed by atoms with Gasteiger partial charge in [0, 0.05) is 5.69 Å². The maximum absolute atomic E-state index is 11.0. The van der Waals surface area contributed by atoms with E-state index in [1.807, 2.05) is 24.3 Å². The van der Waals surface area contributed by atoms with Crippen LogP contribution in [0.3, 0.4) is 0 Å². The molecule has 0 aliphatic heterocycles. The van der Waals surface area contributed by atoms with E-state index in [2.05, 4.69) is 15.3 Å². The van der Waals surface area contributed by atoms with E-state index in [-0.39, 0.29) is 12.5 Å². The monoisotopic (exact) mass is 216 g/mol. The highest BCUT2D eigenvalue weighted by Gasteiger charge is 2.01. The third kappa shape index (κ3) is 2.26. The summed E-state index contributed by atoms with van der Waals surface area (Å²) in [5.41, 5.74) is 7.89. The lowest BCUT2D eigenvalue weighted by atomic mass is 10.1. The molecule has 0 atom stereocenters. The number of nitrogens with zero attached hydrogens (tertiary/aromatic N) is 1. The Morgan fingerprint density at radius 2 is 2.12 bits per heavy atom. The molecule has 2 aromatic rings. The number of hydrogen-bond donors (Lipinski definition) is 3. The third-order valence-corrected chi connectivity index (χ3v) is 2.16. The van der Waals surface area contributed by atoms with Gasteiger partial charge in [0.25, 0.3) is 0 Å². The van der Waals surface area contributed by atoms with Gasteiger partial charge in [-0.05, 0) is 17.7 Å². The Kier molecular flexibility index (Phi) is 2.98. The third-order valence-electron chi connectivity index (χ3n) is 2.16. The smallest absolute Gasteiger partial charge is 0.238 e. The van der Waals surface area contributed by atoms with Crippen LogP contribution in [0.25, 0.3) is 11.3 Å². The highest BCUT2D eigenvalue weighted by Crippen LogP contribution is 2.18. The molecule has 82 valence electrons. The van der Waals surface area contributed by atoms with Crippen molar-refractivity contribution in [2.75, 3.05) is 11.9 Å². The maximum atomic E-state index is 11.0. The molecule has 0 spiro atoms. The Morgan fingerprint density at radius 3 is 2.69 bits per heavy atom. The molecule has 0 radical (unpaired) electrons. The van der Waals surface area contributed by atoms with E-state index in [4.69, 9.17) is 5.73 Å². The van der Waals surface area contributed by atoms with Gasteiger partial charge in [0.05, 0.1) is 24.8 Å². The van der Waals surface area contributed by atoms with E-state index in [0.717, 1.165) is 16.9 Å². The molecule has 1 amide bonds. The molecule has 16 heavy (non-hydrogen) atoms.